The molecule has 2 nitrogen and oxygen atoms in total. The van der Waals surface area contributed by atoms with Gasteiger partial charge in [-0.05, 0) is 49.8 Å². The molecule has 104 valence electrons. The van der Waals surface area contributed by atoms with E-state index in [1.165, 1.54) is 43.2 Å². The summed E-state index contributed by atoms with van der Waals surface area (Å²) < 4.78 is 6.01. The van der Waals surface area contributed by atoms with Gasteiger partial charge in [0, 0.05) is 12.0 Å². The van der Waals surface area contributed by atoms with Crippen LogP contribution in [-0.2, 0) is 11.8 Å². The molecule has 0 saturated heterocycles. The minimum atomic E-state index is 0.216. The molecule has 1 heterocycles. The van der Waals surface area contributed by atoms with Crippen LogP contribution in [0, 0.1) is 0 Å². The fourth-order valence-corrected chi connectivity index (χ4v) is 3.87. The Balaban J connectivity index is 2.02. The largest absolute Gasteiger partial charge is 0.490 e. The van der Waals surface area contributed by atoms with E-state index in [1.54, 1.807) is 0 Å². The van der Waals surface area contributed by atoms with Gasteiger partial charge < -0.3 is 10.5 Å². The van der Waals surface area contributed by atoms with Crippen molar-refractivity contribution in [3.05, 3.63) is 29.3 Å². The SMILES string of the molecule is CC1CCc2c(cccc2C2(CN)CCCCC2)O1. The lowest BCUT2D eigenvalue weighted by Gasteiger charge is -2.39. The molecule has 19 heavy (non-hydrogen) atoms. The Morgan fingerprint density at radius 1 is 1.26 bits per heavy atom. The molecule has 0 radical (unpaired) electrons. The Labute approximate surface area is 116 Å². The lowest BCUT2D eigenvalue weighted by atomic mass is 9.67. The third-order valence-electron chi connectivity index (χ3n) is 5.03. The number of rotatable bonds is 2. The first-order chi connectivity index (χ1) is 9.25. The molecule has 0 bridgehead atoms. The van der Waals surface area contributed by atoms with Crippen LogP contribution in [0.15, 0.2) is 18.2 Å². The molecule has 2 N–H and O–H groups in total. The first-order valence-corrected chi connectivity index (χ1v) is 7.74. The summed E-state index contributed by atoms with van der Waals surface area (Å²) in [6.45, 7) is 2.94. The van der Waals surface area contributed by atoms with E-state index < -0.39 is 0 Å². The average molecular weight is 259 g/mol. The van der Waals surface area contributed by atoms with Crippen LogP contribution in [-0.4, -0.2) is 12.6 Å². The van der Waals surface area contributed by atoms with Crippen LogP contribution in [0.4, 0.5) is 0 Å². The van der Waals surface area contributed by atoms with Crippen molar-refractivity contribution >= 4 is 0 Å². The third kappa shape index (κ3) is 2.27. The van der Waals surface area contributed by atoms with Crippen molar-refractivity contribution in [3.63, 3.8) is 0 Å². The molecule has 1 saturated carbocycles. The van der Waals surface area contributed by atoms with Gasteiger partial charge in [-0.3, -0.25) is 0 Å². The smallest absolute Gasteiger partial charge is 0.123 e. The summed E-state index contributed by atoms with van der Waals surface area (Å²) in [6.07, 6.45) is 9.12. The minimum Gasteiger partial charge on any atom is -0.490 e. The van der Waals surface area contributed by atoms with Crippen molar-refractivity contribution in [1.29, 1.82) is 0 Å². The summed E-state index contributed by atoms with van der Waals surface area (Å²) in [4.78, 5) is 0. The molecule has 1 fully saturated rings. The number of nitrogens with two attached hydrogens (primary N) is 1. The first kappa shape index (κ1) is 13.0. The van der Waals surface area contributed by atoms with Crippen LogP contribution in [0.5, 0.6) is 5.75 Å². The Morgan fingerprint density at radius 3 is 2.79 bits per heavy atom. The number of hydrogen-bond acceptors (Lipinski definition) is 2. The van der Waals surface area contributed by atoms with Gasteiger partial charge in [0.15, 0.2) is 0 Å². The lowest BCUT2D eigenvalue weighted by molar-refractivity contribution is 0.189. The number of fused-ring (bicyclic) bond motifs is 1. The molecule has 1 aliphatic heterocycles. The second-order valence-corrected chi connectivity index (χ2v) is 6.29. The maximum Gasteiger partial charge on any atom is 0.123 e. The maximum absolute atomic E-state index is 6.19. The normalized spacial score (nSPS) is 25.5. The summed E-state index contributed by atoms with van der Waals surface area (Å²) in [5, 5.41) is 0. The van der Waals surface area contributed by atoms with Gasteiger partial charge in [-0.25, -0.2) is 0 Å². The molecule has 2 heteroatoms. The van der Waals surface area contributed by atoms with Gasteiger partial charge in [-0.1, -0.05) is 31.4 Å². The predicted octanol–water partition coefficient (Wildman–Crippen LogP) is 3.56. The van der Waals surface area contributed by atoms with E-state index in [1.807, 2.05) is 0 Å². The standard InChI is InChI=1S/C17H25NO/c1-13-8-9-14-15(6-5-7-16(14)19-13)17(12-18)10-3-2-4-11-17/h5-7,13H,2-4,8-12,18H2,1H3. The van der Waals surface area contributed by atoms with Crippen LogP contribution in [0.1, 0.15) is 56.6 Å². The fourth-order valence-electron chi connectivity index (χ4n) is 3.87. The first-order valence-electron chi connectivity index (χ1n) is 7.74. The van der Waals surface area contributed by atoms with Gasteiger partial charge in [-0.2, -0.15) is 0 Å². The highest BCUT2D eigenvalue weighted by molar-refractivity contribution is 5.46. The van der Waals surface area contributed by atoms with Gasteiger partial charge in [0.25, 0.3) is 0 Å². The summed E-state index contributed by atoms with van der Waals surface area (Å²) in [6, 6.07) is 6.58. The van der Waals surface area contributed by atoms with E-state index in [9.17, 15) is 0 Å². The third-order valence-corrected chi connectivity index (χ3v) is 5.03. The quantitative estimate of drug-likeness (QED) is 0.881. The van der Waals surface area contributed by atoms with Crippen molar-refractivity contribution in [2.24, 2.45) is 5.73 Å². The van der Waals surface area contributed by atoms with Crippen molar-refractivity contribution < 1.29 is 4.74 Å². The molecule has 0 aromatic heterocycles. The van der Waals surface area contributed by atoms with Gasteiger partial charge >= 0.3 is 0 Å². The van der Waals surface area contributed by atoms with Crippen molar-refractivity contribution in [3.8, 4) is 5.75 Å². The van der Waals surface area contributed by atoms with E-state index in [4.69, 9.17) is 10.5 Å². The maximum atomic E-state index is 6.19. The van der Waals surface area contributed by atoms with Crippen molar-refractivity contribution in [1.82, 2.24) is 0 Å². The second-order valence-electron chi connectivity index (χ2n) is 6.29. The summed E-state index contributed by atoms with van der Waals surface area (Å²) in [5.74, 6) is 1.11. The highest BCUT2D eigenvalue weighted by atomic mass is 16.5. The molecular weight excluding hydrogens is 234 g/mol. The predicted molar refractivity (Wildman–Crippen MR) is 78.7 cm³/mol. The molecule has 0 amide bonds. The molecule has 1 unspecified atom stereocenters. The molecule has 1 aliphatic carbocycles. The van der Waals surface area contributed by atoms with Gasteiger partial charge in [0.05, 0.1) is 6.10 Å². The number of hydrogen-bond donors (Lipinski definition) is 1. The Kier molecular flexibility index (Phi) is 3.53. The fraction of sp³-hybridized carbons (Fsp3) is 0.647. The van der Waals surface area contributed by atoms with Crippen LogP contribution in [0.2, 0.25) is 0 Å². The summed E-state index contributed by atoms with van der Waals surface area (Å²) in [7, 11) is 0. The summed E-state index contributed by atoms with van der Waals surface area (Å²) >= 11 is 0. The van der Waals surface area contributed by atoms with E-state index in [0.29, 0.717) is 6.10 Å². The van der Waals surface area contributed by atoms with E-state index in [0.717, 1.165) is 25.1 Å². The Morgan fingerprint density at radius 2 is 2.05 bits per heavy atom. The van der Waals surface area contributed by atoms with E-state index in [-0.39, 0.29) is 5.41 Å². The molecule has 2 aliphatic rings. The summed E-state index contributed by atoms with van der Waals surface area (Å²) in [5.41, 5.74) is 9.33. The van der Waals surface area contributed by atoms with Crippen molar-refractivity contribution in [2.45, 2.75) is 63.4 Å². The van der Waals surface area contributed by atoms with Gasteiger partial charge in [0.1, 0.15) is 5.75 Å². The zero-order valence-electron chi connectivity index (χ0n) is 12.0. The van der Waals surface area contributed by atoms with Crippen LogP contribution < -0.4 is 10.5 Å². The Bertz CT molecular complexity index is 449. The monoisotopic (exact) mass is 259 g/mol. The molecule has 0 spiro atoms. The molecule has 1 atom stereocenters. The van der Waals surface area contributed by atoms with E-state index >= 15 is 0 Å². The number of benzene rings is 1. The Hall–Kier alpha value is -1.02. The van der Waals surface area contributed by atoms with Crippen LogP contribution >= 0.6 is 0 Å². The molecule has 1 aromatic carbocycles. The van der Waals surface area contributed by atoms with Gasteiger partial charge in [-0.15, -0.1) is 0 Å². The molecular formula is C17H25NO. The highest BCUT2D eigenvalue weighted by Crippen LogP contribution is 2.43. The number of ether oxygens (including phenoxy) is 1. The van der Waals surface area contributed by atoms with Gasteiger partial charge in [0.2, 0.25) is 0 Å². The zero-order valence-corrected chi connectivity index (χ0v) is 12.0. The van der Waals surface area contributed by atoms with E-state index in [2.05, 4.69) is 25.1 Å². The van der Waals surface area contributed by atoms with Crippen LogP contribution in [0.25, 0.3) is 0 Å². The van der Waals surface area contributed by atoms with Crippen LogP contribution in [0.3, 0.4) is 0 Å². The highest BCUT2D eigenvalue weighted by Gasteiger charge is 2.35. The zero-order chi connectivity index (χ0) is 13.3. The molecule has 1 aromatic rings. The average Bonchev–Trinajstić information content (AvgIpc) is 2.47. The molecule has 3 rings (SSSR count). The minimum absolute atomic E-state index is 0.216. The van der Waals surface area contributed by atoms with Crippen molar-refractivity contribution in [2.75, 3.05) is 6.54 Å². The lowest BCUT2D eigenvalue weighted by Crippen LogP contribution is -2.38. The second kappa shape index (κ2) is 5.16. The topological polar surface area (TPSA) is 35.2 Å².